The second-order valence-electron chi connectivity index (χ2n) is 5.22. The Balaban J connectivity index is 2.29. The topological polar surface area (TPSA) is 46.2 Å². The average molecular weight is 265 g/mol. The van der Waals surface area contributed by atoms with Crippen LogP contribution in [0.4, 0.5) is 0 Å². The summed E-state index contributed by atoms with van der Waals surface area (Å²) in [4.78, 5) is 0. The zero-order valence-electron chi connectivity index (χ0n) is 10.5. The van der Waals surface area contributed by atoms with E-state index < -0.39 is 14.6 Å². The lowest BCUT2D eigenvalue weighted by Gasteiger charge is -2.26. The highest BCUT2D eigenvalue weighted by atomic mass is 32.2. The summed E-state index contributed by atoms with van der Waals surface area (Å²) >= 11 is 2.02. The maximum absolute atomic E-state index is 11.5. The molecule has 1 aliphatic heterocycles. The standard InChI is InChI=1S/C11H23NO2S2/c1-11(2,16(3,13)14)9-12-8-10-4-6-15-7-5-10/h10,12H,4-9H2,1-3H3. The third-order valence-corrected chi connectivity index (χ3v) is 6.53. The molecule has 1 fully saturated rings. The summed E-state index contributed by atoms with van der Waals surface area (Å²) in [5.74, 6) is 3.24. The highest BCUT2D eigenvalue weighted by Crippen LogP contribution is 2.22. The zero-order chi connectivity index (χ0) is 12.2. The van der Waals surface area contributed by atoms with E-state index in [2.05, 4.69) is 5.32 Å². The van der Waals surface area contributed by atoms with E-state index in [-0.39, 0.29) is 0 Å². The molecule has 16 heavy (non-hydrogen) atoms. The molecule has 0 spiro atoms. The van der Waals surface area contributed by atoms with Crippen LogP contribution in [0.15, 0.2) is 0 Å². The Morgan fingerprint density at radius 2 is 1.88 bits per heavy atom. The lowest BCUT2D eigenvalue weighted by Crippen LogP contribution is -2.43. The number of rotatable bonds is 5. The molecule has 1 heterocycles. The summed E-state index contributed by atoms with van der Waals surface area (Å²) in [6, 6.07) is 0. The molecule has 3 nitrogen and oxygen atoms in total. The highest BCUT2D eigenvalue weighted by Gasteiger charge is 2.29. The lowest BCUT2D eigenvalue weighted by atomic mass is 10.0. The minimum atomic E-state index is -2.97. The van der Waals surface area contributed by atoms with Crippen molar-refractivity contribution in [3.8, 4) is 0 Å². The van der Waals surface area contributed by atoms with Crippen LogP contribution in [0, 0.1) is 5.92 Å². The first-order valence-corrected chi connectivity index (χ1v) is 8.85. The Morgan fingerprint density at radius 1 is 1.31 bits per heavy atom. The van der Waals surface area contributed by atoms with E-state index in [0.717, 1.165) is 12.5 Å². The number of sulfone groups is 1. The summed E-state index contributed by atoms with van der Waals surface area (Å²) in [5, 5.41) is 3.31. The molecule has 0 aromatic rings. The van der Waals surface area contributed by atoms with Gasteiger partial charge < -0.3 is 5.32 Å². The molecule has 1 rings (SSSR count). The van der Waals surface area contributed by atoms with Crippen molar-refractivity contribution in [1.29, 1.82) is 0 Å². The minimum Gasteiger partial charge on any atom is -0.315 e. The van der Waals surface area contributed by atoms with E-state index in [1.165, 1.54) is 30.6 Å². The minimum absolute atomic E-state index is 0.551. The molecular weight excluding hydrogens is 242 g/mol. The fourth-order valence-corrected chi connectivity index (χ4v) is 3.23. The molecule has 0 aromatic carbocycles. The van der Waals surface area contributed by atoms with E-state index in [1.807, 2.05) is 11.8 Å². The van der Waals surface area contributed by atoms with Crippen molar-refractivity contribution in [1.82, 2.24) is 5.32 Å². The molecule has 0 aromatic heterocycles. The van der Waals surface area contributed by atoms with E-state index in [0.29, 0.717) is 6.54 Å². The molecule has 0 amide bonds. The molecule has 96 valence electrons. The predicted molar refractivity (Wildman–Crippen MR) is 71.8 cm³/mol. The first-order chi connectivity index (χ1) is 7.33. The van der Waals surface area contributed by atoms with Crippen molar-refractivity contribution >= 4 is 21.6 Å². The smallest absolute Gasteiger partial charge is 0.153 e. The normalized spacial score (nSPS) is 19.9. The van der Waals surface area contributed by atoms with Crippen LogP contribution in [0.2, 0.25) is 0 Å². The quantitative estimate of drug-likeness (QED) is 0.819. The second-order valence-corrected chi connectivity index (χ2v) is 9.09. The number of hydrogen-bond acceptors (Lipinski definition) is 4. The van der Waals surface area contributed by atoms with Gasteiger partial charge >= 0.3 is 0 Å². The summed E-state index contributed by atoms with van der Waals surface area (Å²) < 4.78 is 22.3. The Morgan fingerprint density at radius 3 is 2.38 bits per heavy atom. The fourth-order valence-electron chi connectivity index (χ4n) is 1.66. The van der Waals surface area contributed by atoms with Gasteiger partial charge in [-0.05, 0) is 50.7 Å². The first-order valence-electron chi connectivity index (χ1n) is 5.81. The Bertz CT molecular complexity index is 306. The van der Waals surface area contributed by atoms with Gasteiger partial charge in [0.15, 0.2) is 9.84 Å². The SMILES string of the molecule is CC(C)(CNCC1CCSCC1)S(C)(=O)=O. The third kappa shape index (κ3) is 4.26. The van der Waals surface area contributed by atoms with Crippen molar-refractivity contribution in [3.05, 3.63) is 0 Å². The van der Waals surface area contributed by atoms with Gasteiger partial charge in [0.2, 0.25) is 0 Å². The number of nitrogens with one attached hydrogen (secondary N) is 1. The summed E-state index contributed by atoms with van der Waals surface area (Å²) in [6.07, 6.45) is 3.83. The van der Waals surface area contributed by atoms with Crippen molar-refractivity contribution in [3.63, 3.8) is 0 Å². The maximum atomic E-state index is 11.5. The summed E-state index contributed by atoms with van der Waals surface area (Å²) in [5.41, 5.74) is 0. The van der Waals surface area contributed by atoms with Crippen LogP contribution < -0.4 is 5.32 Å². The molecule has 1 aliphatic rings. The van der Waals surface area contributed by atoms with Gasteiger partial charge in [-0.15, -0.1) is 0 Å². The molecule has 0 radical (unpaired) electrons. The van der Waals surface area contributed by atoms with Crippen LogP contribution in [0.3, 0.4) is 0 Å². The van der Waals surface area contributed by atoms with Crippen LogP contribution in [0.5, 0.6) is 0 Å². The monoisotopic (exact) mass is 265 g/mol. The van der Waals surface area contributed by atoms with Gasteiger partial charge in [0.1, 0.15) is 0 Å². The van der Waals surface area contributed by atoms with Gasteiger partial charge in [-0.2, -0.15) is 11.8 Å². The number of hydrogen-bond donors (Lipinski definition) is 1. The van der Waals surface area contributed by atoms with Gasteiger partial charge in [0.25, 0.3) is 0 Å². The zero-order valence-corrected chi connectivity index (χ0v) is 12.1. The Hall–Kier alpha value is 0.260. The van der Waals surface area contributed by atoms with Crippen LogP contribution in [0.1, 0.15) is 26.7 Å². The Labute approximate surface area is 104 Å². The van der Waals surface area contributed by atoms with Gasteiger partial charge in [-0.25, -0.2) is 8.42 Å². The Kier molecular flexibility index (Phi) is 5.13. The third-order valence-electron chi connectivity index (χ3n) is 3.33. The molecular formula is C11H23NO2S2. The van der Waals surface area contributed by atoms with E-state index in [9.17, 15) is 8.42 Å². The average Bonchev–Trinajstić information content (AvgIpc) is 2.17. The predicted octanol–water partition coefficient (Wildman–Crippen LogP) is 1.54. The highest BCUT2D eigenvalue weighted by molar-refractivity contribution is 7.99. The molecule has 0 aliphatic carbocycles. The van der Waals surface area contributed by atoms with E-state index in [4.69, 9.17) is 0 Å². The van der Waals surface area contributed by atoms with Crippen LogP contribution >= 0.6 is 11.8 Å². The van der Waals surface area contributed by atoms with Crippen LogP contribution in [-0.4, -0.2) is 44.0 Å². The van der Waals surface area contributed by atoms with Crippen molar-refractivity contribution in [2.75, 3.05) is 30.9 Å². The van der Waals surface area contributed by atoms with Crippen molar-refractivity contribution < 1.29 is 8.42 Å². The maximum Gasteiger partial charge on any atom is 0.153 e. The lowest BCUT2D eigenvalue weighted by molar-refractivity contribution is 0.430. The molecule has 5 heteroatoms. The molecule has 1 N–H and O–H groups in total. The largest absolute Gasteiger partial charge is 0.315 e. The molecule has 0 atom stereocenters. The van der Waals surface area contributed by atoms with E-state index >= 15 is 0 Å². The molecule has 0 bridgehead atoms. The molecule has 0 saturated carbocycles. The van der Waals surface area contributed by atoms with Gasteiger partial charge in [-0.3, -0.25) is 0 Å². The number of thioether (sulfide) groups is 1. The summed E-state index contributed by atoms with van der Waals surface area (Å²) in [7, 11) is -2.97. The first kappa shape index (κ1) is 14.3. The summed E-state index contributed by atoms with van der Waals surface area (Å²) in [6.45, 7) is 5.08. The van der Waals surface area contributed by atoms with Gasteiger partial charge in [0.05, 0.1) is 4.75 Å². The van der Waals surface area contributed by atoms with Crippen molar-refractivity contribution in [2.24, 2.45) is 5.92 Å². The molecule has 1 saturated heterocycles. The van der Waals surface area contributed by atoms with Crippen LogP contribution in [0.25, 0.3) is 0 Å². The van der Waals surface area contributed by atoms with Crippen LogP contribution in [-0.2, 0) is 9.84 Å². The molecule has 0 unspecified atom stereocenters. The van der Waals surface area contributed by atoms with E-state index in [1.54, 1.807) is 13.8 Å². The second kappa shape index (κ2) is 5.74. The van der Waals surface area contributed by atoms with Gasteiger partial charge in [-0.1, -0.05) is 0 Å². The van der Waals surface area contributed by atoms with Crippen molar-refractivity contribution in [2.45, 2.75) is 31.4 Å². The fraction of sp³-hybridized carbons (Fsp3) is 1.00. The van der Waals surface area contributed by atoms with Gasteiger partial charge in [0, 0.05) is 12.8 Å².